The van der Waals surface area contributed by atoms with Crippen LogP contribution in [0.15, 0.2) is 36.5 Å². The van der Waals surface area contributed by atoms with E-state index in [0.29, 0.717) is 11.3 Å². The average Bonchev–Trinajstić information content (AvgIpc) is 2.93. The van der Waals surface area contributed by atoms with E-state index in [0.717, 1.165) is 55.6 Å². The molecule has 1 aromatic heterocycles. The molecular formula is C21H25N3O2. The minimum atomic E-state index is -0.231. The summed E-state index contributed by atoms with van der Waals surface area (Å²) < 4.78 is 0. The Morgan fingerprint density at radius 2 is 1.73 bits per heavy atom. The van der Waals surface area contributed by atoms with Crippen LogP contribution < -0.4 is 5.32 Å². The summed E-state index contributed by atoms with van der Waals surface area (Å²) >= 11 is 0. The zero-order chi connectivity index (χ0) is 18.5. The van der Waals surface area contributed by atoms with Crippen LogP contribution in [0.3, 0.4) is 0 Å². The Kier molecular flexibility index (Phi) is 5.66. The number of benzene rings is 1. The van der Waals surface area contributed by atoms with Crippen LogP contribution in [0.5, 0.6) is 0 Å². The largest absolute Gasteiger partial charge is 0.337 e. The molecule has 26 heavy (non-hydrogen) atoms. The number of rotatable bonds is 3. The summed E-state index contributed by atoms with van der Waals surface area (Å²) in [4.78, 5) is 31.4. The topological polar surface area (TPSA) is 62.3 Å². The number of amides is 2. The third-order valence-corrected chi connectivity index (χ3v) is 4.78. The molecule has 1 aliphatic rings. The Hall–Kier alpha value is -2.69. The highest BCUT2D eigenvalue weighted by atomic mass is 16.2. The maximum absolute atomic E-state index is 12.7. The summed E-state index contributed by atoms with van der Waals surface area (Å²) in [5, 5.41) is 2.93. The van der Waals surface area contributed by atoms with Gasteiger partial charge in [-0.1, -0.05) is 25.0 Å². The van der Waals surface area contributed by atoms with Crippen molar-refractivity contribution in [2.75, 3.05) is 18.4 Å². The van der Waals surface area contributed by atoms with Gasteiger partial charge in [0, 0.05) is 30.5 Å². The van der Waals surface area contributed by atoms with Gasteiger partial charge < -0.3 is 10.2 Å². The molecule has 2 amide bonds. The molecule has 0 atom stereocenters. The smallest absolute Gasteiger partial charge is 0.272 e. The quantitative estimate of drug-likeness (QED) is 0.910. The molecule has 2 heterocycles. The molecule has 0 saturated carbocycles. The lowest BCUT2D eigenvalue weighted by molar-refractivity contribution is 0.0755. The van der Waals surface area contributed by atoms with E-state index in [1.165, 1.54) is 6.20 Å². The second-order valence-electron chi connectivity index (χ2n) is 6.91. The Morgan fingerprint density at radius 1 is 1.00 bits per heavy atom. The molecule has 3 rings (SSSR count). The molecule has 2 aromatic rings. The van der Waals surface area contributed by atoms with E-state index in [2.05, 4.69) is 10.3 Å². The number of hydrogen-bond donors (Lipinski definition) is 1. The fourth-order valence-electron chi connectivity index (χ4n) is 3.19. The average molecular weight is 351 g/mol. The molecule has 0 spiro atoms. The highest BCUT2D eigenvalue weighted by Crippen LogP contribution is 2.18. The van der Waals surface area contributed by atoms with E-state index in [-0.39, 0.29) is 11.8 Å². The van der Waals surface area contributed by atoms with Crippen LogP contribution >= 0.6 is 0 Å². The SMILES string of the molecule is Cc1ccc(C)c(NC(=O)c2ccnc(C(=O)N3CCCCCC3)c2)c1. The van der Waals surface area contributed by atoms with Crippen molar-refractivity contribution >= 4 is 17.5 Å². The van der Waals surface area contributed by atoms with Gasteiger partial charge in [-0.05, 0) is 56.0 Å². The van der Waals surface area contributed by atoms with Gasteiger partial charge in [-0.2, -0.15) is 0 Å². The summed E-state index contributed by atoms with van der Waals surface area (Å²) in [5.41, 5.74) is 3.64. The number of anilines is 1. The molecule has 136 valence electrons. The lowest BCUT2D eigenvalue weighted by Gasteiger charge is -2.19. The Labute approximate surface area is 154 Å². The van der Waals surface area contributed by atoms with Gasteiger partial charge in [-0.15, -0.1) is 0 Å². The molecule has 1 aliphatic heterocycles. The van der Waals surface area contributed by atoms with Gasteiger partial charge in [0.2, 0.25) is 0 Å². The van der Waals surface area contributed by atoms with Crippen molar-refractivity contribution in [1.82, 2.24) is 9.88 Å². The van der Waals surface area contributed by atoms with Crippen molar-refractivity contribution in [2.24, 2.45) is 0 Å². The fourth-order valence-corrected chi connectivity index (χ4v) is 3.19. The molecule has 1 N–H and O–H groups in total. The number of pyridine rings is 1. The van der Waals surface area contributed by atoms with Crippen LogP contribution in [0.2, 0.25) is 0 Å². The third-order valence-electron chi connectivity index (χ3n) is 4.78. The maximum Gasteiger partial charge on any atom is 0.272 e. The molecule has 5 heteroatoms. The number of aryl methyl sites for hydroxylation is 2. The number of carbonyl (C=O) groups excluding carboxylic acids is 2. The summed E-state index contributed by atoms with van der Waals surface area (Å²) in [6.07, 6.45) is 5.91. The van der Waals surface area contributed by atoms with Crippen molar-refractivity contribution < 1.29 is 9.59 Å². The zero-order valence-electron chi connectivity index (χ0n) is 15.4. The second kappa shape index (κ2) is 8.13. The van der Waals surface area contributed by atoms with Gasteiger partial charge in [-0.25, -0.2) is 0 Å². The normalized spacial score (nSPS) is 14.6. The first kappa shape index (κ1) is 18.1. The number of nitrogens with zero attached hydrogens (tertiary/aromatic N) is 2. The molecule has 0 unspecified atom stereocenters. The van der Waals surface area contributed by atoms with Crippen LogP contribution in [0.1, 0.15) is 57.7 Å². The van der Waals surface area contributed by atoms with Crippen LogP contribution in [0, 0.1) is 13.8 Å². The lowest BCUT2D eigenvalue weighted by Crippen LogP contribution is -2.32. The first-order valence-corrected chi connectivity index (χ1v) is 9.18. The first-order valence-electron chi connectivity index (χ1n) is 9.18. The van der Waals surface area contributed by atoms with E-state index >= 15 is 0 Å². The van der Waals surface area contributed by atoms with Crippen molar-refractivity contribution in [3.05, 3.63) is 58.9 Å². The number of carbonyl (C=O) groups is 2. The van der Waals surface area contributed by atoms with E-state index < -0.39 is 0 Å². The minimum Gasteiger partial charge on any atom is -0.337 e. The van der Waals surface area contributed by atoms with Crippen LogP contribution in [-0.2, 0) is 0 Å². The molecule has 1 aromatic carbocycles. The third kappa shape index (κ3) is 4.28. The Bertz CT molecular complexity index is 809. The standard InChI is InChI=1S/C21H25N3O2/c1-15-7-8-16(2)18(13-15)23-20(25)17-9-10-22-19(14-17)21(26)24-11-5-3-4-6-12-24/h7-10,13-14H,3-6,11-12H2,1-2H3,(H,23,25). The molecule has 5 nitrogen and oxygen atoms in total. The van der Waals surface area contributed by atoms with Crippen LogP contribution in [-0.4, -0.2) is 34.8 Å². The van der Waals surface area contributed by atoms with Crippen molar-refractivity contribution in [3.63, 3.8) is 0 Å². The monoisotopic (exact) mass is 351 g/mol. The van der Waals surface area contributed by atoms with Crippen molar-refractivity contribution in [1.29, 1.82) is 0 Å². The van der Waals surface area contributed by atoms with Crippen LogP contribution in [0.25, 0.3) is 0 Å². The van der Waals surface area contributed by atoms with Crippen LogP contribution in [0.4, 0.5) is 5.69 Å². The summed E-state index contributed by atoms with van der Waals surface area (Å²) in [5.74, 6) is -0.320. The minimum absolute atomic E-state index is 0.0895. The molecular weight excluding hydrogens is 326 g/mol. The van der Waals surface area contributed by atoms with E-state index in [9.17, 15) is 9.59 Å². The summed E-state index contributed by atoms with van der Waals surface area (Å²) in [7, 11) is 0. The number of likely N-dealkylation sites (tertiary alicyclic amines) is 1. The predicted octanol–water partition coefficient (Wildman–Crippen LogP) is 3.97. The van der Waals surface area contributed by atoms with Crippen molar-refractivity contribution in [2.45, 2.75) is 39.5 Å². The predicted molar refractivity (Wildman–Crippen MR) is 102 cm³/mol. The fraction of sp³-hybridized carbons (Fsp3) is 0.381. The zero-order valence-corrected chi connectivity index (χ0v) is 15.4. The first-order chi connectivity index (χ1) is 12.5. The lowest BCUT2D eigenvalue weighted by atomic mass is 10.1. The summed E-state index contributed by atoms with van der Waals surface area (Å²) in [6, 6.07) is 9.16. The van der Waals surface area contributed by atoms with Gasteiger partial charge in [0.05, 0.1) is 0 Å². The maximum atomic E-state index is 12.7. The van der Waals surface area contributed by atoms with Gasteiger partial charge >= 0.3 is 0 Å². The highest BCUT2D eigenvalue weighted by Gasteiger charge is 2.19. The molecule has 0 aliphatic carbocycles. The number of nitrogens with one attached hydrogen (secondary N) is 1. The molecule has 1 saturated heterocycles. The Morgan fingerprint density at radius 3 is 2.46 bits per heavy atom. The van der Waals surface area contributed by atoms with E-state index in [1.807, 2.05) is 36.9 Å². The molecule has 1 fully saturated rings. The molecule has 0 radical (unpaired) electrons. The molecule has 0 bridgehead atoms. The van der Waals surface area contributed by atoms with Crippen molar-refractivity contribution in [3.8, 4) is 0 Å². The van der Waals surface area contributed by atoms with Gasteiger partial charge in [0.15, 0.2) is 0 Å². The van der Waals surface area contributed by atoms with Gasteiger partial charge in [-0.3, -0.25) is 14.6 Å². The number of aromatic nitrogens is 1. The van der Waals surface area contributed by atoms with E-state index in [1.54, 1.807) is 12.1 Å². The highest BCUT2D eigenvalue weighted by molar-refractivity contribution is 6.06. The summed E-state index contributed by atoms with van der Waals surface area (Å²) in [6.45, 7) is 5.47. The van der Waals surface area contributed by atoms with E-state index in [4.69, 9.17) is 0 Å². The Balaban J connectivity index is 1.76. The second-order valence-corrected chi connectivity index (χ2v) is 6.91. The van der Waals surface area contributed by atoms with Gasteiger partial charge in [0.1, 0.15) is 5.69 Å². The van der Waals surface area contributed by atoms with Gasteiger partial charge in [0.25, 0.3) is 11.8 Å². The number of hydrogen-bond acceptors (Lipinski definition) is 3.